The smallest absolute Gasteiger partial charge is 0.309 e. The fourth-order valence-electron chi connectivity index (χ4n) is 6.58. The van der Waals surface area contributed by atoms with Crippen molar-refractivity contribution in [2.45, 2.75) is 63.6 Å². The second-order valence-electron chi connectivity index (χ2n) is 10.6. The second-order valence-corrected chi connectivity index (χ2v) is 10.6. The minimum absolute atomic E-state index is 0.00325. The lowest BCUT2D eigenvalue weighted by Gasteiger charge is -2.54. The summed E-state index contributed by atoms with van der Waals surface area (Å²) in [5.74, 6) is -2.76. The molecular formula is C28H34FN3O3. The van der Waals surface area contributed by atoms with E-state index in [-0.39, 0.29) is 17.5 Å². The lowest BCUT2D eigenvalue weighted by Crippen LogP contribution is -2.64. The Bertz CT molecular complexity index is 1090. The Morgan fingerprint density at radius 1 is 1.11 bits per heavy atom. The van der Waals surface area contributed by atoms with Gasteiger partial charge < -0.3 is 20.6 Å². The molecule has 1 aliphatic carbocycles. The van der Waals surface area contributed by atoms with Crippen LogP contribution in [0.2, 0.25) is 0 Å². The van der Waals surface area contributed by atoms with Gasteiger partial charge in [0, 0.05) is 30.9 Å². The number of fused-ring (bicyclic) bond motifs is 1. The molecule has 3 N–H and O–H groups in total. The molecule has 2 aromatic carbocycles. The number of benzene rings is 2. The number of halogens is 1. The number of piperidine rings is 1. The first-order valence-corrected chi connectivity index (χ1v) is 12.7. The summed E-state index contributed by atoms with van der Waals surface area (Å²) >= 11 is 0. The summed E-state index contributed by atoms with van der Waals surface area (Å²) in [5.41, 5.74) is 1.20. The molecule has 0 spiro atoms. The number of aliphatic carboxylic acids is 1. The molecule has 4 unspecified atom stereocenters. The number of anilines is 1. The Morgan fingerprint density at radius 2 is 1.83 bits per heavy atom. The highest BCUT2D eigenvalue weighted by Gasteiger charge is 2.57. The standard InChI is InChI=1S/C28H34FN3O3/c1-17-6-5-9-23(29)25(17)26(33)32-24-16-30-15-18(24)14-22(27(34)35)28(32,2)19-10-12-21(13-11-19)31-20-7-3-4-8-20/h5-6,9-13,18,20,22,24,30-31H,3-4,7-8,14-16H2,1-2H3,(H,34,35). The van der Waals surface area contributed by atoms with Crippen molar-refractivity contribution in [2.24, 2.45) is 11.8 Å². The molecule has 4 atom stereocenters. The van der Waals surface area contributed by atoms with Gasteiger partial charge in [0.25, 0.3) is 5.91 Å². The third kappa shape index (κ3) is 4.10. The van der Waals surface area contributed by atoms with Gasteiger partial charge in [-0.15, -0.1) is 0 Å². The highest BCUT2D eigenvalue weighted by Crippen LogP contribution is 2.48. The molecule has 2 aromatic rings. The maximum Gasteiger partial charge on any atom is 0.309 e. The van der Waals surface area contributed by atoms with E-state index in [2.05, 4.69) is 10.6 Å². The maximum absolute atomic E-state index is 15.0. The molecule has 2 heterocycles. The van der Waals surface area contributed by atoms with Gasteiger partial charge in [0.15, 0.2) is 0 Å². The Morgan fingerprint density at radius 3 is 2.49 bits per heavy atom. The van der Waals surface area contributed by atoms with E-state index >= 15 is 0 Å². The normalized spacial score (nSPS) is 28.7. The summed E-state index contributed by atoms with van der Waals surface area (Å²) in [6.07, 6.45) is 5.24. The van der Waals surface area contributed by atoms with Gasteiger partial charge in [-0.1, -0.05) is 37.1 Å². The number of carboxylic acids is 1. The average molecular weight is 480 g/mol. The summed E-state index contributed by atoms with van der Waals surface area (Å²) in [5, 5.41) is 17.2. The maximum atomic E-state index is 15.0. The van der Waals surface area contributed by atoms with Crippen LogP contribution in [-0.2, 0) is 10.3 Å². The fourth-order valence-corrected chi connectivity index (χ4v) is 6.58. The number of likely N-dealkylation sites (tertiary alicyclic amines) is 1. The molecule has 3 aliphatic rings. The van der Waals surface area contributed by atoms with Gasteiger partial charge in [-0.2, -0.15) is 0 Å². The topological polar surface area (TPSA) is 81.7 Å². The van der Waals surface area contributed by atoms with Gasteiger partial charge in [0.05, 0.1) is 17.0 Å². The average Bonchev–Trinajstić information content (AvgIpc) is 3.50. The van der Waals surface area contributed by atoms with Crippen molar-refractivity contribution < 1.29 is 19.1 Å². The van der Waals surface area contributed by atoms with Crippen LogP contribution in [0.5, 0.6) is 0 Å². The molecule has 5 rings (SSSR count). The SMILES string of the molecule is Cc1cccc(F)c1C(=O)N1C2CNCC2CC(C(=O)O)C1(C)c1ccc(NC2CCCC2)cc1. The van der Waals surface area contributed by atoms with E-state index in [9.17, 15) is 19.1 Å². The van der Waals surface area contributed by atoms with Crippen LogP contribution in [-0.4, -0.2) is 47.1 Å². The van der Waals surface area contributed by atoms with Crippen LogP contribution in [0.1, 0.15) is 60.5 Å². The first kappa shape index (κ1) is 23.8. The quantitative estimate of drug-likeness (QED) is 0.587. The zero-order chi connectivity index (χ0) is 24.7. The van der Waals surface area contributed by atoms with Crippen molar-refractivity contribution in [3.8, 4) is 0 Å². The molecule has 3 fully saturated rings. The van der Waals surface area contributed by atoms with E-state index in [0.717, 1.165) is 24.1 Å². The van der Waals surface area contributed by atoms with Crippen LogP contribution in [0.25, 0.3) is 0 Å². The predicted molar refractivity (Wildman–Crippen MR) is 133 cm³/mol. The summed E-state index contributed by atoms with van der Waals surface area (Å²) in [6.45, 7) is 4.77. The lowest BCUT2D eigenvalue weighted by atomic mass is 9.68. The molecular weight excluding hydrogens is 445 g/mol. The number of rotatable bonds is 5. The van der Waals surface area contributed by atoms with Gasteiger partial charge >= 0.3 is 5.97 Å². The number of carbonyl (C=O) groups is 2. The van der Waals surface area contributed by atoms with Crippen LogP contribution >= 0.6 is 0 Å². The van der Waals surface area contributed by atoms with E-state index in [1.54, 1.807) is 24.0 Å². The third-order valence-electron chi connectivity index (χ3n) is 8.50. The number of nitrogens with one attached hydrogen (secondary N) is 2. The minimum Gasteiger partial charge on any atom is -0.481 e. The molecule has 6 nitrogen and oxygen atoms in total. The Balaban J connectivity index is 1.59. The predicted octanol–water partition coefficient (Wildman–Crippen LogP) is 4.54. The minimum atomic E-state index is -1.13. The molecule has 2 saturated heterocycles. The van der Waals surface area contributed by atoms with Crippen LogP contribution in [0, 0.1) is 24.6 Å². The number of nitrogens with zero attached hydrogens (tertiary/aromatic N) is 1. The van der Waals surface area contributed by atoms with Crippen LogP contribution in [0.15, 0.2) is 42.5 Å². The van der Waals surface area contributed by atoms with Crippen molar-refractivity contribution in [3.63, 3.8) is 0 Å². The highest BCUT2D eigenvalue weighted by molar-refractivity contribution is 5.97. The van der Waals surface area contributed by atoms with Crippen LogP contribution < -0.4 is 10.6 Å². The molecule has 2 aliphatic heterocycles. The number of amides is 1. The van der Waals surface area contributed by atoms with E-state index in [0.29, 0.717) is 31.1 Å². The molecule has 0 aromatic heterocycles. The molecule has 7 heteroatoms. The van der Waals surface area contributed by atoms with Gasteiger partial charge in [-0.3, -0.25) is 9.59 Å². The first-order valence-electron chi connectivity index (χ1n) is 12.7. The highest BCUT2D eigenvalue weighted by atomic mass is 19.1. The van der Waals surface area contributed by atoms with E-state index in [4.69, 9.17) is 0 Å². The summed E-state index contributed by atoms with van der Waals surface area (Å²) in [4.78, 5) is 28.4. The van der Waals surface area contributed by atoms with Crippen LogP contribution in [0.3, 0.4) is 0 Å². The zero-order valence-corrected chi connectivity index (χ0v) is 20.4. The van der Waals surface area contributed by atoms with E-state index in [1.807, 2.05) is 31.2 Å². The number of carboxylic acid groups (broad SMARTS) is 1. The molecule has 0 radical (unpaired) electrons. The number of hydrogen-bond acceptors (Lipinski definition) is 4. The van der Waals surface area contributed by atoms with Crippen molar-refractivity contribution in [2.75, 3.05) is 18.4 Å². The van der Waals surface area contributed by atoms with Gasteiger partial charge in [0.1, 0.15) is 5.82 Å². The van der Waals surface area contributed by atoms with E-state index in [1.165, 1.54) is 18.9 Å². The summed E-state index contributed by atoms with van der Waals surface area (Å²) < 4.78 is 15.0. The largest absolute Gasteiger partial charge is 0.481 e. The van der Waals surface area contributed by atoms with Crippen molar-refractivity contribution in [1.82, 2.24) is 10.2 Å². The van der Waals surface area contributed by atoms with Gasteiger partial charge in [-0.25, -0.2) is 4.39 Å². The number of hydrogen-bond donors (Lipinski definition) is 3. The monoisotopic (exact) mass is 479 g/mol. The van der Waals surface area contributed by atoms with Gasteiger partial charge in [-0.05, 0) is 68.4 Å². The number of aryl methyl sites for hydroxylation is 1. The molecule has 1 amide bonds. The van der Waals surface area contributed by atoms with Crippen molar-refractivity contribution in [3.05, 3.63) is 65.0 Å². The Labute approximate surface area is 205 Å². The Hall–Kier alpha value is -2.93. The summed E-state index contributed by atoms with van der Waals surface area (Å²) in [6, 6.07) is 12.7. The molecule has 0 bridgehead atoms. The van der Waals surface area contributed by atoms with E-state index < -0.39 is 29.2 Å². The van der Waals surface area contributed by atoms with Crippen molar-refractivity contribution >= 4 is 17.6 Å². The molecule has 1 saturated carbocycles. The summed E-state index contributed by atoms with van der Waals surface area (Å²) in [7, 11) is 0. The first-order chi connectivity index (χ1) is 16.8. The zero-order valence-electron chi connectivity index (χ0n) is 20.4. The number of carbonyl (C=O) groups excluding carboxylic acids is 1. The van der Waals surface area contributed by atoms with Gasteiger partial charge in [0.2, 0.25) is 0 Å². The second kappa shape index (κ2) is 9.26. The molecule has 35 heavy (non-hydrogen) atoms. The Kier molecular flexibility index (Phi) is 6.30. The van der Waals surface area contributed by atoms with Crippen molar-refractivity contribution in [1.29, 1.82) is 0 Å². The fraction of sp³-hybridized carbons (Fsp3) is 0.500. The lowest BCUT2D eigenvalue weighted by molar-refractivity contribution is -0.152. The molecule has 186 valence electrons. The van der Waals surface area contributed by atoms with Crippen LogP contribution in [0.4, 0.5) is 10.1 Å². The third-order valence-corrected chi connectivity index (χ3v) is 8.50.